The third kappa shape index (κ3) is 4.99. The van der Waals surface area contributed by atoms with Crippen LogP contribution in [0.15, 0.2) is 69.6 Å². The number of rotatable bonds is 6. The molecular formula is C21H17BrN2O3. The minimum absolute atomic E-state index is 0.249. The van der Waals surface area contributed by atoms with E-state index in [1.54, 1.807) is 31.2 Å². The highest BCUT2D eigenvalue weighted by Crippen LogP contribution is 2.24. The van der Waals surface area contributed by atoms with Crippen molar-refractivity contribution in [3.05, 3.63) is 76.5 Å². The summed E-state index contributed by atoms with van der Waals surface area (Å²) in [5, 5.41) is 11.6. The molecule has 1 aromatic heterocycles. The molecule has 6 heteroatoms. The molecule has 0 spiro atoms. The van der Waals surface area contributed by atoms with Gasteiger partial charge in [-0.15, -0.1) is 0 Å². The van der Waals surface area contributed by atoms with Crippen LogP contribution in [0.3, 0.4) is 0 Å². The van der Waals surface area contributed by atoms with E-state index in [0.717, 1.165) is 15.8 Å². The van der Waals surface area contributed by atoms with E-state index in [1.807, 2.05) is 42.5 Å². The molecule has 136 valence electrons. The molecule has 0 bridgehead atoms. The van der Waals surface area contributed by atoms with Gasteiger partial charge in [-0.3, -0.25) is 4.79 Å². The average molecular weight is 425 g/mol. The fourth-order valence-corrected chi connectivity index (χ4v) is 2.69. The Bertz CT molecular complexity index is 956. The Hall–Kier alpha value is -3.04. The number of nitrogens with one attached hydrogen (secondary N) is 1. The predicted molar refractivity (Wildman–Crippen MR) is 105 cm³/mol. The first-order valence-electron chi connectivity index (χ1n) is 8.34. The number of ether oxygens (including phenoxy) is 1. The number of benzene rings is 2. The van der Waals surface area contributed by atoms with Crippen LogP contribution in [-0.4, -0.2) is 12.0 Å². The van der Waals surface area contributed by atoms with Crippen LogP contribution in [0.2, 0.25) is 0 Å². The van der Waals surface area contributed by atoms with Gasteiger partial charge in [-0.1, -0.05) is 28.1 Å². The van der Waals surface area contributed by atoms with Gasteiger partial charge < -0.3 is 14.5 Å². The van der Waals surface area contributed by atoms with Gasteiger partial charge in [-0.2, -0.15) is 5.26 Å². The van der Waals surface area contributed by atoms with E-state index in [1.165, 1.54) is 0 Å². The third-order valence-corrected chi connectivity index (χ3v) is 4.42. The van der Waals surface area contributed by atoms with Crippen LogP contribution >= 0.6 is 15.9 Å². The van der Waals surface area contributed by atoms with E-state index in [2.05, 4.69) is 21.2 Å². The SMILES string of the molecule is C[C@@H](Oc1ccc(C#N)cc1)C(=O)NCc1ccc(-c2ccc(Br)cc2)o1. The third-order valence-electron chi connectivity index (χ3n) is 3.89. The number of hydrogen-bond donors (Lipinski definition) is 1. The summed E-state index contributed by atoms with van der Waals surface area (Å²) in [6.45, 7) is 1.94. The Morgan fingerprint density at radius 3 is 2.52 bits per heavy atom. The van der Waals surface area contributed by atoms with Crippen LogP contribution in [0.1, 0.15) is 18.2 Å². The number of carbonyl (C=O) groups is 1. The molecule has 0 saturated carbocycles. The summed E-state index contributed by atoms with van der Waals surface area (Å²) in [5.74, 6) is 1.69. The van der Waals surface area contributed by atoms with Crippen molar-refractivity contribution in [1.82, 2.24) is 5.32 Å². The van der Waals surface area contributed by atoms with Crippen molar-refractivity contribution in [2.45, 2.75) is 19.6 Å². The number of carbonyl (C=O) groups excluding carboxylic acids is 1. The van der Waals surface area contributed by atoms with Crippen LogP contribution < -0.4 is 10.1 Å². The first-order chi connectivity index (χ1) is 13.0. The van der Waals surface area contributed by atoms with E-state index in [9.17, 15) is 4.79 Å². The fraction of sp³-hybridized carbons (Fsp3) is 0.143. The van der Waals surface area contributed by atoms with E-state index >= 15 is 0 Å². The second-order valence-electron chi connectivity index (χ2n) is 5.89. The smallest absolute Gasteiger partial charge is 0.261 e. The minimum atomic E-state index is -0.668. The summed E-state index contributed by atoms with van der Waals surface area (Å²) in [4.78, 5) is 12.2. The lowest BCUT2D eigenvalue weighted by molar-refractivity contribution is -0.127. The van der Waals surface area contributed by atoms with E-state index in [4.69, 9.17) is 14.4 Å². The van der Waals surface area contributed by atoms with Crippen molar-refractivity contribution >= 4 is 21.8 Å². The number of nitrogens with zero attached hydrogens (tertiary/aromatic N) is 1. The predicted octanol–water partition coefficient (Wildman–Crippen LogP) is 4.66. The summed E-state index contributed by atoms with van der Waals surface area (Å²) in [5.41, 5.74) is 1.51. The lowest BCUT2D eigenvalue weighted by Crippen LogP contribution is -2.35. The van der Waals surface area contributed by atoms with Crippen molar-refractivity contribution < 1.29 is 13.9 Å². The zero-order valence-corrected chi connectivity index (χ0v) is 16.2. The first kappa shape index (κ1) is 18.7. The van der Waals surface area contributed by atoms with Gasteiger partial charge in [-0.05, 0) is 55.5 Å². The van der Waals surface area contributed by atoms with Crippen molar-refractivity contribution in [3.63, 3.8) is 0 Å². The quantitative estimate of drug-likeness (QED) is 0.623. The van der Waals surface area contributed by atoms with Crippen LogP contribution in [0, 0.1) is 11.3 Å². The van der Waals surface area contributed by atoms with E-state index < -0.39 is 6.10 Å². The molecule has 1 heterocycles. The summed E-state index contributed by atoms with van der Waals surface area (Å²) in [6, 6.07) is 20.2. The Morgan fingerprint density at radius 2 is 1.85 bits per heavy atom. The topological polar surface area (TPSA) is 75.3 Å². The molecule has 0 aliphatic rings. The molecule has 27 heavy (non-hydrogen) atoms. The molecule has 0 aliphatic carbocycles. The van der Waals surface area contributed by atoms with Gasteiger partial charge in [0.15, 0.2) is 6.10 Å². The van der Waals surface area contributed by atoms with Crippen LogP contribution in [-0.2, 0) is 11.3 Å². The monoisotopic (exact) mass is 424 g/mol. The van der Waals surface area contributed by atoms with E-state index in [0.29, 0.717) is 17.1 Å². The molecule has 1 N–H and O–H groups in total. The largest absolute Gasteiger partial charge is 0.481 e. The molecule has 5 nitrogen and oxygen atoms in total. The lowest BCUT2D eigenvalue weighted by atomic mass is 10.2. The van der Waals surface area contributed by atoms with Gasteiger partial charge in [0.1, 0.15) is 17.3 Å². The highest BCUT2D eigenvalue weighted by Gasteiger charge is 2.15. The van der Waals surface area contributed by atoms with E-state index in [-0.39, 0.29) is 12.5 Å². The summed E-state index contributed by atoms with van der Waals surface area (Å²) >= 11 is 3.40. The number of amides is 1. The number of nitriles is 1. The van der Waals surface area contributed by atoms with Crippen molar-refractivity contribution in [2.75, 3.05) is 0 Å². The van der Waals surface area contributed by atoms with Crippen molar-refractivity contribution in [1.29, 1.82) is 5.26 Å². The molecule has 3 rings (SSSR count). The molecule has 0 saturated heterocycles. The standard InChI is InChI=1S/C21H17BrN2O3/c1-14(26-18-8-2-15(12-23)3-9-18)21(25)24-13-19-10-11-20(27-19)16-4-6-17(22)7-5-16/h2-11,14H,13H2,1H3,(H,24,25)/t14-/m1/s1. The fourth-order valence-electron chi connectivity index (χ4n) is 2.43. The highest BCUT2D eigenvalue weighted by molar-refractivity contribution is 9.10. The zero-order chi connectivity index (χ0) is 19.2. The van der Waals surface area contributed by atoms with Gasteiger partial charge in [0.25, 0.3) is 5.91 Å². The average Bonchev–Trinajstić information content (AvgIpc) is 3.16. The van der Waals surface area contributed by atoms with Gasteiger partial charge >= 0.3 is 0 Å². The summed E-state index contributed by atoms with van der Waals surface area (Å²) < 4.78 is 12.4. The van der Waals surface area contributed by atoms with Gasteiger partial charge in [0.05, 0.1) is 18.2 Å². The molecule has 0 unspecified atom stereocenters. The Labute approximate surface area is 165 Å². The normalized spacial score (nSPS) is 11.4. The molecule has 1 atom stereocenters. The van der Waals surface area contributed by atoms with Gasteiger partial charge in [0, 0.05) is 10.0 Å². The van der Waals surface area contributed by atoms with Crippen molar-refractivity contribution in [2.24, 2.45) is 0 Å². The maximum atomic E-state index is 12.2. The zero-order valence-electron chi connectivity index (χ0n) is 14.6. The van der Waals surface area contributed by atoms with Gasteiger partial charge in [0.2, 0.25) is 0 Å². The molecule has 3 aromatic rings. The maximum Gasteiger partial charge on any atom is 0.261 e. The second kappa shape index (κ2) is 8.56. The highest BCUT2D eigenvalue weighted by atomic mass is 79.9. The molecule has 0 fully saturated rings. The molecular weight excluding hydrogens is 408 g/mol. The van der Waals surface area contributed by atoms with Gasteiger partial charge in [-0.25, -0.2) is 0 Å². The Balaban J connectivity index is 1.54. The Morgan fingerprint density at radius 1 is 1.15 bits per heavy atom. The molecule has 2 aromatic carbocycles. The summed E-state index contributed by atoms with van der Waals surface area (Å²) in [6.07, 6.45) is -0.668. The van der Waals surface area contributed by atoms with Crippen LogP contribution in [0.25, 0.3) is 11.3 Å². The van der Waals surface area contributed by atoms with Crippen LogP contribution in [0.4, 0.5) is 0 Å². The molecule has 0 aliphatic heterocycles. The first-order valence-corrected chi connectivity index (χ1v) is 9.13. The molecule has 0 radical (unpaired) electrons. The number of halogens is 1. The van der Waals surface area contributed by atoms with Crippen LogP contribution in [0.5, 0.6) is 5.75 Å². The summed E-state index contributed by atoms with van der Waals surface area (Å²) in [7, 11) is 0. The number of hydrogen-bond acceptors (Lipinski definition) is 4. The number of furan rings is 1. The Kier molecular flexibility index (Phi) is 5.94. The van der Waals surface area contributed by atoms with Crippen molar-refractivity contribution in [3.8, 4) is 23.1 Å². The maximum absolute atomic E-state index is 12.2. The lowest BCUT2D eigenvalue weighted by Gasteiger charge is -2.14. The second-order valence-corrected chi connectivity index (χ2v) is 6.80. The molecule has 1 amide bonds. The minimum Gasteiger partial charge on any atom is -0.481 e.